The second kappa shape index (κ2) is 6.69. The predicted octanol–water partition coefficient (Wildman–Crippen LogP) is 3.34. The Labute approximate surface area is 132 Å². The third-order valence-corrected chi connectivity index (χ3v) is 4.37. The summed E-state index contributed by atoms with van der Waals surface area (Å²) in [5.41, 5.74) is 4.08. The third kappa shape index (κ3) is 3.43. The molecule has 2 N–H and O–H groups in total. The van der Waals surface area contributed by atoms with Gasteiger partial charge in [0, 0.05) is 18.9 Å². The number of ether oxygens (including phenoxy) is 1. The first-order valence-corrected chi connectivity index (χ1v) is 8.03. The molecule has 122 valence electrons. The van der Waals surface area contributed by atoms with Gasteiger partial charge in [-0.15, -0.1) is 0 Å². The Hall–Kier alpha value is -1.55. The second-order valence-electron chi connectivity index (χ2n) is 6.67. The van der Waals surface area contributed by atoms with Crippen molar-refractivity contribution in [1.82, 2.24) is 5.32 Å². The van der Waals surface area contributed by atoms with Gasteiger partial charge in [0.25, 0.3) is 0 Å². The number of hydrogen-bond donors (Lipinski definition) is 2. The van der Waals surface area contributed by atoms with Gasteiger partial charge in [-0.2, -0.15) is 0 Å². The minimum atomic E-state index is -0.482. The maximum Gasteiger partial charge on any atom is 0.217 e. The molecular weight excluding hydrogens is 278 g/mol. The molecule has 22 heavy (non-hydrogen) atoms. The highest BCUT2D eigenvalue weighted by Gasteiger charge is 2.27. The zero-order valence-corrected chi connectivity index (χ0v) is 14.2. The van der Waals surface area contributed by atoms with Crippen molar-refractivity contribution in [2.45, 2.75) is 59.6 Å². The van der Waals surface area contributed by atoms with Crippen molar-refractivity contribution in [2.75, 3.05) is 6.61 Å². The number of aliphatic hydroxyl groups excluding tert-OH is 1. The zero-order valence-electron chi connectivity index (χ0n) is 14.2. The number of amides is 1. The molecule has 1 aromatic carbocycles. The van der Waals surface area contributed by atoms with Crippen LogP contribution in [0.4, 0.5) is 0 Å². The van der Waals surface area contributed by atoms with E-state index in [4.69, 9.17) is 4.74 Å². The molecule has 0 bridgehead atoms. The Bertz CT molecular complexity index is 566. The van der Waals surface area contributed by atoms with Crippen LogP contribution in [0.5, 0.6) is 5.75 Å². The largest absolute Gasteiger partial charge is 0.493 e. The highest BCUT2D eigenvalue weighted by atomic mass is 16.5. The van der Waals surface area contributed by atoms with Gasteiger partial charge in [-0.05, 0) is 48.9 Å². The number of aliphatic hydroxyl groups is 1. The molecule has 1 aliphatic rings. The highest BCUT2D eigenvalue weighted by molar-refractivity contribution is 5.73. The van der Waals surface area contributed by atoms with Gasteiger partial charge in [0.1, 0.15) is 5.75 Å². The summed E-state index contributed by atoms with van der Waals surface area (Å²) in [5, 5.41) is 13.5. The summed E-state index contributed by atoms with van der Waals surface area (Å²) in [6.07, 6.45) is 1.00. The molecule has 1 aliphatic heterocycles. The fraction of sp³-hybridized carbons (Fsp3) is 0.611. The number of benzene rings is 1. The molecule has 2 atom stereocenters. The van der Waals surface area contributed by atoms with Gasteiger partial charge in [-0.1, -0.05) is 13.8 Å². The molecule has 0 saturated carbocycles. The van der Waals surface area contributed by atoms with Crippen LogP contribution in [0, 0.1) is 19.8 Å². The van der Waals surface area contributed by atoms with E-state index in [0.717, 1.165) is 40.8 Å². The first kappa shape index (κ1) is 16.8. The number of hydrogen-bond acceptors (Lipinski definition) is 3. The summed E-state index contributed by atoms with van der Waals surface area (Å²) in [4.78, 5) is 11.4. The predicted molar refractivity (Wildman–Crippen MR) is 87.0 cm³/mol. The molecule has 0 radical (unpaired) electrons. The Kier molecular flexibility index (Phi) is 5.12. The molecule has 0 aliphatic carbocycles. The van der Waals surface area contributed by atoms with Crippen LogP contribution in [0.25, 0.3) is 0 Å². The lowest BCUT2D eigenvalue weighted by atomic mass is 9.87. The zero-order chi connectivity index (χ0) is 16.4. The maximum absolute atomic E-state index is 11.4. The molecule has 2 unspecified atom stereocenters. The van der Waals surface area contributed by atoms with Crippen LogP contribution in [0.15, 0.2) is 6.07 Å². The lowest BCUT2D eigenvalue weighted by Crippen LogP contribution is -2.31. The number of carbonyl (C=O) groups excluding carboxylic acids is 1. The lowest BCUT2D eigenvalue weighted by molar-refractivity contribution is -0.119. The molecule has 4 heteroatoms. The fourth-order valence-corrected chi connectivity index (χ4v) is 3.14. The normalized spacial score (nSPS) is 18.6. The Morgan fingerprint density at radius 2 is 2.09 bits per heavy atom. The summed E-state index contributed by atoms with van der Waals surface area (Å²) in [6, 6.07) is 1.98. The summed E-state index contributed by atoms with van der Waals surface area (Å²) in [6.45, 7) is 10.4. The van der Waals surface area contributed by atoms with E-state index in [9.17, 15) is 9.90 Å². The SMILES string of the molecule is CC(=O)NC1CCOc2c1cc(C(O)CC(C)C)c(C)c2C. The molecule has 0 spiro atoms. The van der Waals surface area contributed by atoms with Gasteiger partial charge in [-0.25, -0.2) is 0 Å². The minimum absolute atomic E-state index is 0.0365. The van der Waals surface area contributed by atoms with Crippen LogP contribution in [0.1, 0.15) is 68.0 Å². The standard InChI is InChI=1S/C18H27NO3/c1-10(2)8-17(21)14-9-15-16(19-13(5)20)6-7-22-18(15)12(4)11(14)3/h9-10,16-17,21H,6-8H2,1-5H3,(H,19,20). The summed E-state index contributed by atoms with van der Waals surface area (Å²) >= 11 is 0. The maximum atomic E-state index is 11.4. The van der Waals surface area contributed by atoms with E-state index < -0.39 is 6.10 Å². The molecule has 1 aromatic rings. The van der Waals surface area contributed by atoms with Crippen molar-refractivity contribution in [3.63, 3.8) is 0 Å². The molecule has 0 fully saturated rings. The smallest absolute Gasteiger partial charge is 0.217 e. The van der Waals surface area contributed by atoms with E-state index in [1.165, 1.54) is 6.92 Å². The monoisotopic (exact) mass is 305 g/mol. The number of nitrogens with one attached hydrogen (secondary N) is 1. The van der Waals surface area contributed by atoms with Gasteiger partial charge < -0.3 is 15.2 Å². The Morgan fingerprint density at radius 1 is 1.41 bits per heavy atom. The first-order chi connectivity index (χ1) is 10.3. The van der Waals surface area contributed by atoms with E-state index in [1.54, 1.807) is 0 Å². The molecule has 0 saturated heterocycles. The van der Waals surface area contributed by atoms with Crippen molar-refractivity contribution < 1.29 is 14.6 Å². The molecule has 0 aromatic heterocycles. The Balaban J connectivity index is 2.46. The van der Waals surface area contributed by atoms with Gasteiger partial charge in [0.05, 0.1) is 18.8 Å². The second-order valence-corrected chi connectivity index (χ2v) is 6.67. The lowest BCUT2D eigenvalue weighted by Gasteiger charge is -2.30. The molecule has 1 amide bonds. The topological polar surface area (TPSA) is 58.6 Å². The van der Waals surface area contributed by atoms with E-state index in [2.05, 4.69) is 19.2 Å². The first-order valence-electron chi connectivity index (χ1n) is 8.03. The van der Waals surface area contributed by atoms with Crippen molar-refractivity contribution in [2.24, 2.45) is 5.92 Å². The van der Waals surface area contributed by atoms with Crippen molar-refractivity contribution >= 4 is 5.91 Å². The van der Waals surface area contributed by atoms with Crippen molar-refractivity contribution in [3.8, 4) is 5.75 Å². The van der Waals surface area contributed by atoms with Crippen LogP contribution in [-0.4, -0.2) is 17.6 Å². The van der Waals surface area contributed by atoms with Crippen LogP contribution in [0.3, 0.4) is 0 Å². The van der Waals surface area contributed by atoms with Gasteiger partial charge in [0.2, 0.25) is 5.91 Å². The molecule has 4 nitrogen and oxygen atoms in total. The molecule has 1 heterocycles. The van der Waals surface area contributed by atoms with Crippen LogP contribution < -0.4 is 10.1 Å². The van der Waals surface area contributed by atoms with Crippen LogP contribution in [-0.2, 0) is 4.79 Å². The van der Waals surface area contributed by atoms with Crippen LogP contribution >= 0.6 is 0 Å². The molecular formula is C18H27NO3. The third-order valence-electron chi connectivity index (χ3n) is 4.37. The average molecular weight is 305 g/mol. The number of carbonyl (C=O) groups is 1. The van der Waals surface area contributed by atoms with E-state index >= 15 is 0 Å². The van der Waals surface area contributed by atoms with E-state index in [0.29, 0.717) is 12.5 Å². The number of rotatable bonds is 4. The summed E-state index contributed by atoms with van der Waals surface area (Å²) in [5.74, 6) is 1.25. The minimum Gasteiger partial charge on any atom is -0.493 e. The van der Waals surface area contributed by atoms with E-state index in [-0.39, 0.29) is 11.9 Å². The average Bonchev–Trinajstić information content (AvgIpc) is 2.41. The summed E-state index contributed by atoms with van der Waals surface area (Å²) in [7, 11) is 0. The van der Waals surface area contributed by atoms with Gasteiger partial charge in [-0.3, -0.25) is 4.79 Å². The van der Waals surface area contributed by atoms with Crippen molar-refractivity contribution in [1.29, 1.82) is 0 Å². The van der Waals surface area contributed by atoms with E-state index in [1.807, 2.05) is 19.9 Å². The number of fused-ring (bicyclic) bond motifs is 1. The molecule has 2 rings (SSSR count). The highest BCUT2D eigenvalue weighted by Crippen LogP contribution is 2.40. The quantitative estimate of drug-likeness (QED) is 0.897. The summed E-state index contributed by atoms with van der Waals surface area (Å²) < 4.78 is 5.83. The van der Waals surface area contributed by atoms with Crippen molar-refractivity contribution in [3.05, 3.63) is 28.3 Å². The Morgan fingerprint density at radius 3 is 2.68 bits per heavy atom. The van der Waals surface area contributed by atoms with Gasteiger partial charge >= 0.3 is 0 Å². The van der Waals surface area contributed by atoms with Crippen LogP contribution in [0.2, 0.25) is 0 Å². The van der Waals surface area contributed by atoms with Gasteiger partial charge in [0.15, 0.2) is 0 Å². The fourth-order valence-electron chi connectivity index (χ4n) is 3.14.